The summed E-state index contributed by atoms with van der Waals surface area (Å²) in [5.41, 5.74) is 0. The van der Waals surface area contributed by atoms with E-state index in [9.17, 15) is 0 Å². The summed E-state index contributed by atoms with van der Waals surface area (Å²) >= 11 is -1.64. The quantitative estimate of drug-likeness (QED) is 0.0533. The molecule has 0 N–H and O–H groups in total. The Kier molecular flexibility index (Phi) is 37.0. The topological polar surface area (TPSA) is 0 Å². The molecule has 0 heterocycles. The van der Waals surface area contributed by atoms with Crippen LogP contribution >= 0.6 is 0 Å². The summed E-state index contributed by atoms with van der Waals surface area (Å²) in [5, 5.41) is 0. The molecule has 0 aromatic carbocycles. The van der Waals surface area contributed by atoms with Crippen LogP contribution in [0.5, 0.6) is 0 Å². The van der Waals surface area contributed by atoms with E-state index in [1.165, 1.54) is 116 Å². The fourth-order valence-electron chi connectivity index (χ4n) is 21.1. The van der Waals surface area contributed by atoms with E-state index in [-0.39, 0.29) is 0 Å². The van der Waals surface area contributed by atoms with Crippen LogP contribution in [0.2, 0.25) is 119 Å². The molecule has 0 bridgehead atoms. The summed E-state index contributed by atoms with van der Waals surface area (Å²) in [7, 11) is -12.1. The number of hydrogen-bond acceptors (Lipinski definition) is 0. The van der Waals surface area contributed by atoms with Gasteiger partial charge in [0.1, 0.15) is 0 Å². The zero-order valence-corrected chi connectivity index (χ0v) is 60.8. The third-order valence-electron chi connectivity index (χ3n) is 20.8. The van der Waals surface area contributed by atoms with E-state index in [0.29, 0.717) is 10.6 Å². The Morgan fingerprint density at radius 3 is 0.314 bits per heavy atom. The van der Waals surface area contributed by atoms with Crippen molar-refractivity contribution in [3.05, 3.63) is 0 Å². The fraction of sp³-hybridized carbons (Fsp3) is 1.00. The van der Waals surface area contributed by atoms with Crippen LogP contribution in [0.15, 0.2) is 0 Å². The van der Waals surface area contributed by atoms with Gasteiger partial charge in [-0.1, -0.05) is 0 Å². The van der Waals surface area contributed by atoms with E-state index >= 15 is 0 Å². The zero-order valence-electron chi connectivity index (χ0n) is 53.5. The molecule has 0 aliphatic carbocycles. The SMILES string of the molecule is CCC[Si](CCC)(CCC)[C](CC)([Cr]([C](CC)([Si](CCC)(CCC)CCC)[Si](CCC)(CCC)CCC)[C](CC)([Si](CCC)(CCC)CCC)[Si](CCC)(CCC)CCC)[Si](CCC)(CCC)CCC. The van der Waals surface area contributed by atoms with Gasteiger partial charge >= 0.3 is 462 Å². The van der Waals surface area contributed by atoms with Crippen LogP contribution in [0, 0.1) is 0 Å². The molecule has 0 radical (unpaired) electrons. The monoisotopic (exact) mass is 1120 g/mol. The Bertz CT molecular complexity index is 951. The van der Waals surface area contributed by atoms with Crippen LogP contribution in [-0.2, 0) is 14.1 Å². The molecule has 0 saturated carbocycles. The van der Waals surface area contributed by atoms with Gasteiger partial charge < -0.3 is 0 Å². The third-order valence-corrected chi connectivity index (χ3v) is 90.8. The van der Waals surface area contributed by atoms with Crippen LogP contribution in [0.4, 0.5) is 0 Å². The second-order valence-corrected chi connectivity index (χ2v) is 63.8. The molecule has 70 heavy (non-hydrogen) atoms. The van der Waals surface area contributed by atoms with Crippen molar-refractivity contribution in [3.8, 4) is 0 Å². The Balaban J connectivity index is 12.6. The first kappa shape index (κ1) is 71.8. The maximum absolute atomic E-state index is 3.10. The van der Waals surface area contributed by atoms with Crippen molar-refractivity contribution in [3.63, 3.8) is 0 Å². The van der Waals surface area contributed by atoms with Gasteiger partial charge in [-0.25, -0.2) is 0 Å². The molecule has 7 heteroatoms. The molecular weight excluding hydrogens is 977 g/mol. The Morgan fingerprint density at radius 2 is 0.257 bits per heavy atom. The Labute approximate surface area is 458 Å². The van der Waals surface area contributed by atoms with Gasteiger partial charge in [-0.2, -0.15) is 0 Å². The van der Waals surface area contributed by atoms with E-state index in [1.54, 1.807) is 128 Å². The fourth-order valence-corrected chi connectivity index (χ4v) is 116. The molecule has 0 fully saturated rings. The first-order valence-electron chi connectivity index (χ1n) is 33.4. The van der Waals surface area contributed by atoms with Gasteiger partial charge in [0.2, 0.25) is 0 Å². The second kappa shape index (κ2) is 36.1. The Morgan fingerprint density at radius 1 is 0.171 bits per heavy atom. The predicted molar refractivity (Wildman–Crippen MR) is 345 cm³/mol. The van der Waals surface area contributed by atoms with Gasteiger partial charge in [-0.15, -0.1) is 0 Å². The van der Waals surface area contributed by atoms with Crippen molar-refractivity contribution in [1.29, 1.82) is 0 Å². The summed E-state index contributed by atoms with van der Waals surface area (Å²) in [6.45, 7) is 58.9. The standard InChI is InChI=1S/3C21H47Si2.Cr/c3*1-8-15-22(16-9-2,17-10-3)21(14-7)23(18-11-4,19-12-5)20-13-6;/h3*8-20H2,1-7H3;. The van der Waals surface area contributed by atoms with Crippen LogP contribution in [-0.4, -0.2) is 48.4 Å². The minimum atomic E-state index is -2.02. The molecule has 0 rings (SSSR count). The summed E-state index contributed by atoms with van der Waals surface area (Å²) in [6, 6.07) is 30.4. The van der Waals surface area contributed by atoms with E-state index in [0.717, 1.165) is 0 Å². The molecule has 0 aliphatic rings. The number of hydrogen-bond donors (Lipinski definition) is 0. The van der Waals surface area contributed by atoms with Gasteiger partial charge in [0, 0.05) is 0 Å². The predicted octanol–water partition coefficient (Wildman–Crippen LogP) is 25.6. The molecule has 423 valence electrons. The molecule has 0 aromatic heterocycles. The molecule has 0 aromatic rings. The molecule has 0 aliphatic heterocycles. The maximum atomic E-state index is 3.10. The molecule has 0 saturated heterocycles. The van der Waals surface area contributed by atoms with E-state index in [2.05, 4.69) is 145 Å². The molecule has 0 nitrogen and oxygen atoms in total. The molecular formula is C63H141CrSi6. The molecule has 0 atom stereocenters. The van der Waals surface area contributed by atoms with Gasteiger partial charge in [0.15, 0.2) is 0 Å². The van der Waals surface area contributed by atoms with Crippen LogP contribution in [0.25, 0.3) is 0 Å². The summed E-state index contributed by atoms with van der Waals surface area (Å²) < 4.78 is 2.12. The third kappa shape index (κ3) is 13.8. The van der Waals surface area contributed by atoms with E-state index in [4.69, 9.17) is 0 Å². The molecule has 0 spiro atoms. The molecule has 0 unspecified atom stereocenters. The minimum absolute atomic E-state index is 0.706. The van der Waals surface area contributed by atoms with Crippen molar-refractivity contribution in [2.24, 2.45) is 0 Å². The normalized spacial score (nSPS) is 14.1. The van der Waals surface area contributed by atoms with Crippen molar-refractivity contribution in [1.82, 2.24) is 0 Å². The van der Waals surface area contributed by atoms with Crippen LogP contribution in [0.3, 0.4) is 0 Å². The van der Waals surface area contributed by atoms with Gasteiger partial charge in [0.25, 0.3) is 0 Å². The first-order valence-corrected chi connectivity index (χ1v) is 51.0. The molecule has 0 amide bonds. The first-order chi connectivity index (χ1) is 33.6. The van der Waals surface area contributed by atoms with Crippen molar-refractivity contribution >= 4 is 48.4 Å². The van der Waals surface area contributed by atoms with Crippen molar-refractivity contribution < 1.29 is 14.1 Å². The second-order valence-electron chi connectivity index (χ2n) is 25.0. The van der Waals surface area contributed by atoms with Crippen LogP contribution in [0.1, 0.15) is 280 Å². The Hall–Kier alpha value is 1.83. The average molecular weight is 1120 g/mol. The van der Waals surface area contributed by atoms with Crippen LogP contribution < -0.4 is 0 Å². The average Bonchev–Trinajstić information content (AvgIpc) is 3.31. The zero-order chi connectivity index (χ0) is 53.7. The van der Waals surface area contributed by atoms with Gasteiger partial charge in [-0.05, 0) is 0 Å². The number of rotatable bonds is 48. The van der Waals surface area contributed by atoms with Gasteiger partial charge in [0.05, 0.1) is 0 Å². The summed E-state index contributed by atoms with van der Waals surface area (Å²) in [5.74, 6) is 0. The summed E-state index contributed by atoms with van der Waals surface area (Å²) in [6.07, 6.45) is 31.5. The van der Waals surface area contributed by atoms with Crippen molar-refractivity contribution in [2.45, 2.75) is 400 Å². The van der Waals surface area contributed by atoms with Crippen molar-refractivity contribution in [2.75, 3.05) is 0 Å². The van der Waals surface area contributed by atoms with E-state index in [1.807, 2.05) is 0 Å². The van der Waals surface area contributed by atoms with Gasteiger partial charge in [-0.3, -0.25) is 0 Å². The summed E-state index contributed by atoms with van der Waals surface area (Å²) in [4.78, 5) is 0. The van der Waals surface area contributed by atoms with E-state index < -0.39 is 62.6 Å².